The summed E-state index contributed by atoms with van der Waals surface area (Å²) in [5.41, 5.74) is 3.68. The summed E-state index contributed by atoms with van der Waals surface area (Å²) in [7, 11) is 0. The molecule has 1 heterocycles. The summed E-state index contributed by atoms with van der Waals surface area (Å²) in [6, 6.07) is 3.92. The lowest BCUT2D eigenvalue weighted by Crippen LogP contribution is -2.12. The number of hydrogen-bond acceptors (Lipinski definition) is 2. The summed E-state index contributed by atoms with van der Waals surface area (Å²) < 4.78 is 0. The van der Waals surface area contributed by atoms with Gasteiger partial charge in [0, 0.05) is 0 Å². The fourth-order valence-electron chi connectivity index (χ4n) is 2.52. The van der Waals surface area contributed by atoms with Gasteiger partial charge in [0.2, 0.25) is 0 Å². The molecule has 1 aromatic carbocycles. The fourth-order valence-corrected chi connectivity index (χ4v) is 2.52. The molecular weight excluding hydrogens is 238 g/mol. The van der Waals surface area contributed by atoms with Gasteiger partial charge in [-0.1, -0.05) is 27.7 Å². The van der Waals surface area contributed by atoms with Crippen molar-refractivity contribution in [2.45, 2.75) is 52.4 Å². The molecule has 0 spiro atoms. The monoisotopic (exact) mass is 259 g/mol. The molecule has 1 aliphatic heterocycles. The van der Waals surface area contributed by atoms with E-state index in [2.05, 4.69) is 33.0 Å². The average molecular weight is 259 g/mol. The topological polar surface area (TPSA) is 46.2 Å². The summed E-state index contributed by atoms with van der Waals surface area (Å²) in [5, 5.41) is 2.66. The molecule has 0 fully saturated rings. The maximum absolute atomic E-state index is 11.8. The minimum absolute atomic E-state index is 0.401. The number of nitrogens with one attached hydrogen (secondary N) is 1. The molecule has 3 heteroatoms. The van der Waals surface area contributed by atoms with Gasteiger partial charge in [0.25, 0.3) is 11.7 Å². The van der Waals surface area contributed by atoms with E-state index >= 15 is 0 Å². The molecule has 102 valence electrons. The van der Waals surface area contributed by atoms with E-state index in [1.54, 1.807) is 0 Å². The van der Waals surface area contributed by atoms with Crippen molar-refractivity contribution in [2.24, 2.45) is 0 Å². The van der Waals surface area contributed by atoms with Crippen molar-refractivity contribution in [1.82, 2.24) is 0 Å². The smallest absolute Gasteiger partial charge is 0.296 e. The number of fused-ring (bicyclic) bond motifs is 1. The molecule has 1 amide bonds. The summed E-state index contributed by atoms with van der Waals surface area (Å²) in [4.78, 5) is 23.3. The van der Waals surface area contributed by atoms with Crippen LogP contribution in [0.1, 0.15) is 73.9 Å². The molecule has 1 N–H and O–H groups in total. The van der Waals surface area contributed by atoms with Gasteiger partial charge >= 0.3 is 0 Å². The zero-order valence-corrected chi connectivity index (χ0v) is 12.0. The maximum Gasteiger partial charge on any atom is 0.296 e. The van der Waals surface area contributed by atoms with Crippen molar-refractivity contribution in [2.75, 3.05) is 5.32 Å². The van der Waals surface area contributed by atoms with Crippen LogP contribution in [-0.2, 0) is 4.79 Å². The van der Waals surface area contributed by atoms with Gasteiger partial charge < -0.3 is 5.32 Å². The van der Waals surface area contributed by atoms with Crippen LogP contribution in [0.15, 0.2) is 12.1 Å². The highest BCUT2D eigenvalue weighted by molar-refractivity contribution is 6.51. The average Bonchev–Trinajstić information content (AvgIpc) is 2.70. The van der Waals surface area contributed by atoms with E-state index < -0.39 is 11.7 Å². The SMILES string of the molecule is CCC(C)c1cc2c(cc1C(C)CC)C(=O)C(=O)N2. The molecule has 0 saturated heterocycles. The van der Waals surface area contributed by atoms with Crippen molar-refractivity contribution >= 4 is 17.4 Å². The molecule has 19 heavy (non-hydrogen) atoms. The van der Waals surface area contributed by atoms with Crippen LogP contribution in [0.3, 0.4) is 0 Å². The van der Waals surface area contributed by atoms with E-state index in [9.17, 15) is 9.59 Å². The van der Waals surface area contributed by atoms with Crippen molar-refractivity contribution in [3.63, 3.8) is 0 Å². The number of carbonyl (C=O) groups excluding carboxylic acids is 2. The Bertz CT molecular complexity index is 534. The third-order valence-electron chi connectivity index (χ3n) is 4.21. The first kappa shape index (κ1) is 13.8. The second-order valence-corrected chi connectivity index (χ2v) is 5.43. The quantitative estimate of drug-likeness (QED) is 0.835. The van der Waals surface area contributed by atoms with Crippen LogP contribution >= 0.6 is 0 Å². The standard InChI is InChI=1S/C16H21NO2/c1-5-9(3)11-7-13-14(17-16(19)15(13)18)8-12(11)10(4)6-2/h7-10H,5-6H2,1-4H3,(H,17,18,19). The van der Waals surface area contributed by atoms with Crippen molar-refractivity contribution in [1.29, 1.82) is 0 Å². The highest BCUT2D eigenvalue weighted by Gasteiger charge is 2.30. The normalized spacial score (nSPS) is 17.1. The number of hydrogen-bond donors (Lipinski definition) is 1. The van der Waals surface area contributed by atoms with Gasteiger partial charge in [-0.3, -0.25) is 9.59 Å². The second kappa shape index (κ2) is 5.16. The lowest BCUT2D eigenvalue weighted by molar-refractivity contribution is -0.112. The van der Waals surface area contributed by atoms with Crippen molar-refractivity contribution in [3.8, 4) is 0 Å². The fraction of sp³-hybridized carbons (Fsp3) is 0.500. The van der Waals surface area contributed by atoms with E-state index in [0.29, 0.717) is 23.1 Å². The van der Waals surface area contributed by atoms with E-state index in [1.165, 1.54) is 11.1 Å². The Morgan fingerprint density at radius 2 is 1.53 bits per heavy atom. The minimum Gasteiger partial charge on any atom is -0.318 e. The predicted molar refractivity (Wildman–Crippen MR) is 76.8 cm³/mol. The Kier molecular flexibility index (Phi) is 3.74. The van der Waals surface area contributed by atoms with Gasteiger partial charge in [0.1, 0.15) is 0 Å². The van der Waals surface area contributed by atoms with E-state index in [0.717, 1.165) is 12.8 Å². The number of ketones is 1. The van der Waals surface area contributed by atoms with Crippen LogP contribution in [0.25, 0.3) is 0 Å². The Hall–Kier alpha value is -1.64. The van der Waals surface area contributed by atoms with E-state index in [1.807, 2.05) is 12.1 Å². The maximum atomic E-state index is 11.8. The number of amides is 1. The lowest BCUT2D eigenvalue weighted by Gasteiger charge is -2.20. The lowest BCUT2D eigenvalue weighted by atomic mass is 9.85. The summed E-state index contributed by atoms with van der Waals surface area (Å²) in [5.74, 6) is -0.0821. The molecule has 0 aromatic heterocycles. The van der Waals surface area contributed by atoms with Gasteiger partial charge in [0.15, 0.2) is 0 Å². The first-order chi connectivity index (χ1) is 8.99. The number of carbonyl (C=O) groups is 2. The molecule has 2 atom stereocenters. The summed E-state index contributed by atoms with van der Waals surface area (Å²) >= 11 is 0. The first-order valence-corrected chi connectivity index (χ1v) is 7.03. The molecule has 3 nitrogen and oxygen atoms in total. The van der Waals surface area contributed by atoms with Gasteiger partial charge in [-0.15, -0.1) is 0 Å². The van der Waals surface area contributed by atoms with Crippen LogP contribution in [0.5, 0.6) is 0 Å². The van der Waals surface area contributed by atoms with Crippen LogP contribution in [-0.4, -0.2) is 11.7 Å². The number of anilines is 1. The van der Waals surface area contributed by atoms with Gasteiger partial charge in [-0.2, -0.15) is 0 Å². The third-order valence-corrected chi connectivity index (χ3v) is 4.21. The molecule has 0 radical (unpaired) electrons. The Labute approximate surface area is 114 Å². The number of rotatable bonds is 4. The number of benzene rings is 1. The molecule has 1 aromatic rings. The second-order valence-electron chi connectivity index (χ2n) is 5.43. The third kappa shape index (κ3) is 2.29. The Morgan fingerprint density at radius 3 is 2.05 bits per heavy atom. The molecular formula is C16H21NO2. The molecule has 0 aliphatic carbocycles. The minimum atomic E-state index is -0.508. The molecule has 2 rings (SSSR count). The predicted octanol–water partition coefficient (Wildman–Crippen LogP) is 3.85. The molecule has 2 unspecified atom stereocenters. The van der Waals surface area contributed by atoms with E-state index in [-0.39, 0.29) is 0 Å². The van der Waals surface area contributed by atoms with Crippen molar-refractivity contribution in [3.05, 3.63) is 28.8 Å². The summed E-state index contributed by atoms with van der Waals surface area (Å²) in [6.07, 6.45) is 2.07. The van der Waals surface area contributed by atoms with Crippen LogP contribution < -0.4 is 5.32 Å². The van der Waals surface area contributed by atoms with Crippen LogP contribution in [0.2, 0.25) is 0 Å². The zero-order chi connectivity index (χ0) is 14.2. The zero-order valence-electron chi connectivity index (χ0n) is 12.0. The van der Waals surface area contributed by atoms with E-state index in [4.69, 9.17) is 0 Å². The van der Waals surface area contributed by atoms with Gasteiger partial charge in [-0.05, 0) is 47.9 Å². The highest BCUT2D eigenvalue weighted by Crippen LogP contribution is 2.36. The van der Waals surface area contributed by atoms with Gasteiger partial charge in [0.05, 0.1) is 11.3 Å². The Morgan fingerprint density at radius 1 is 1.00 bits per heavy atom. The molecule has 0 saturated carbocycles. The number of Topliss-reactive ketones (excluding diaryl/α,β-unsaturated/α-hetero) is 1. The van der Waals surface area contributed by atoms with Crippen molar-refractivity contribution < 1.29 is 9.59 Å². The van der Waals surface area contributed by atoms with Crippen LogP contribution in [0, 0.1) is 0 Å². The summed E-state index contributed by atoms with van der Waals surface area (Å²) in [6.45, 7) is 8.65. The largest absolute Gasteiger partial charge is 0.318 e. The van der Waals surface area contributed by atoms with Gasteiger partial charge in [-0.25, -0.2) is 0 Å². The highest BCUT2D eigenvalue weighted by atomic mass is 16.2. The molecule has 0 bridgehead atoms. The first-order valence-electron chi connectivity index (χ1n) is 7.03. The Balaban J connectivity index is 2.58. The van der Waals surface area contributed by atoms with Crippen LogP contribution in [0.4, 0.5) is 5.69 Å². The molecule has 1 aliphatic rings.